The number of aromatic nitrogens is 3. The van der Waals surface area contributed by atoms with Crippen molar-refractivity contribution in [3.63, 3.8) is 0 Å². The molecule has 1 saturated heterocycles. The van der Waals surface area contributed by atoms with Crippen molar-refractivity contribution in [3.8, 4) is 0 Å². The predicted octanol–water partition coefficient (Wildman–Crippen LogP) is 1.92. The van der Waals surface area contributed by atoms with Gasteiger partial charge in [-0.1, -0.05) is 18.2 Å². The number of ether oxygens (including phenoxy) is 1. The third kappa shape index (κ3) is 4.11. The number of nitrogens with one attached hydrogen (secondary N) is 1. The van der Waals surface area contributed by atoms with E-state index in [0.717, 1.165) is 73.8 Å². The highest BCUT2D eigenvalue weighted by atomic mass is 16.5. The van der Waals surface area contributed by atoms with E-state index in [1.807, 2.05) is 18.2 Å². The van der Waals surface area contributed by atoms with Crippen molar-refractivity contribution in [2.24, 2.45) is 0 Å². The third-order valence-electron chi connectivity index (χ3n) is 5.92. The van der Waals surface area contributed by atoms with Crippen LogP contribution in [0.15, 0.2) is 34.7 Å². The number of hydrogen-bond acceptors (Lipinski definition) is 6. The number of carbonyl (C=O) groups excluding carboxylic acids is 1. The molecule has 0 bridgehead atoms. The lowest BCUT2D eigenvalue weighted by atomic mass is 10.2. The standard InChI is InChI=1S/C22H27N5O3/c28-22(19-6-3-13-29-19)23-9-7-20-24-25-21-8-10-26(11-12-27(20)21)15-17-14-16-4-1-2-5-18(16)30-17/h1-2,4-5,14,19H,3,6-13,15H2,(H,23,28)/t19-/m1/s1. The minimum Gasteiger partial charge on any atom is -0.460 e. The van der Waals surface area contributed by atoms with Crippen molar-refractivity contribution in [1.29, 1.82) is 0 Å². The highest BCUT2D eigenvalue weighted by molar-refractivity contribution is 5.81. The quantitative estimate of drug-likeness (QED) is 0.670. The summed E-state index contributed by atoms with van der Waals surface area (Å²) in [6.45, 7) is 4.71. The van der Waals surface area contributed by atoms with E-state index < -0.39 is 0 Å². The van der Waals surface area contributed by atoms with Gasteiger partial charge in [-0.2, -0.15) is 0 Å². The fraction of sp³-hybridized carbons (Fsp3) is 0.500. The monoisotopic (exact) mass is 409 g/mol. The summed E-state index contributed by atoms with van der Waals surface area (Å²) in [5.41, 5.74) is 0.937. The predicted molar refractivity (Wildman–Crippen MR) is 111 cm³/mol. The molecule has 1 atom stereocenters. The summed E-state index contributed by atoms with van der Waals surface area (Å²) < 4.78 is 13.6. The third-order valence-corrected chi connectivity index (χ3v) is 5.92. The second-order valence-corrected chi connectivity index (χ2v) is 8.00. The van der Waals surface area contributed by atoms with Crippen LogP contribution < -0.4 is 5.32 Å². The second-order valence-electron chi connectivity index (χ2n) is 8.00. The van der Waals surface area contributed by atoms with Crippen LogP contribution in [0.5, 0.6) is 0 Å². The maximum Gasteiger partial charge on any atom is 0.249 e. The molecule has 0 spiro atoms. The summed E-state index contributed by atoms with van der Waals surface area (Å²) in [7, 11) is 0. The Balaban J connectivity index is 1.16. The van der Waals surface area contributed by atoms with E-state index in [1.54, 1.807) is 0 Å². The number of hydrogen-bond donors (Lipinski definition) is 1. The SMILES string of the molecule is O=C(NCCc1nnc2n1CCN(Cc1cc3ccccc3o1)CC2)[C@H]1CCCO1. The van der Waals surface area contributed by atoms with Gasteiger partial charge in [0.1, 0.15) is 29.1 Å². The lowest BCUT2D eigenvalue weighted by Crippen LogP contribution is -2.35. The minimum absolute atomic E-state index is 0.0138. The summed E-state index contributed by atoms with van der Waals surface area (Å²) >= 11 is 0. The summed E-state index contributed by atoms with van der Waals surface area (Å²) in [6.07, 6.45) is 3.02. The lowest BCUT2D eigenvalue weighted by molar-refractivity contribution is -0.130. The van der Waals surface area contributed by atoms with Gasteiger partial charge in [0.15, 0.2) is 0 Å². The Morgan fingerprint density at radius 2 is 2.13 bits per heavy atom. The molecule has 3 aromatic rings. The molecule has 1 amide bonds. The molecule has 1 N–H and O–H groups in total. The van der Waals surface area contributed by atoms with Crippen LogP contribution in [0.4, 0.5) is 0 Å². The topological polar surface area (TPSA) is 85.4 Å². The van der Waals surface area contributed by atoms with Gasteiger partial charge in [0.2, 0.25) is 5.91 Å². The molecule has 5 rings (SSSR count). The first-order valence-corrected chi connectivity index (χ1v) is 10.8. The van der Waals surface area contributed by atoms with Crippen LogP contribution in [0.2, 0.25) is 0 Å². The van der Waals surface area contributed by atoms with Crippen molar-refractivity contribution in [1.82, 2.24) is 25.0 Å². The number of amides is 1. The fourth-order valence-corrected chi connectivity index (χ4v) is 4.30. The number of fused-ring (bicyclic) bond motifs is 2. The van der Waals surface area contributed by atoms with E-state index in [2.05, 4.69) is 37.1 Å². The normalized spacial score (nSPS) is 19.7. The average Bonchev–Trinajstić information content (AvgIpc) is 3.47. The molecule has 0 saturated carbocycles. The van der Waals surface area contributed by atoms with Crippen LogP contribution >= 0.6 is 0 Å². The molecule has 158 valence electrons. The summed E-state index contributed by atoms with van der Waals surface area (Å²) in [5.74, 6) is 2.93. The summed E-state index contributed by atoms with van der Waals surface area (Å²) in [5, 5.41) is 12.9. The summed E-state index contributed by atoms with van der Waals surface area (Å²) in [4.78, 5) is 14.5. The van der Waals surface area contributed by atoms with Gasteiger partial charge in [0.25, 0.3) is 0 Å². The van der Waals surface area contributed by atoms with Crippen LogP contribution in [0.25, 0.3) is 11.0 Å². The smallest absolute Gasteiger partial charge is 0.249 e. The van der Waals surface area contributed by atoms with Crippen LogP contribution in [0.3, 0.4) is 0 Å². The van der Waals surface area contributed by atoms with Gasteiger partial charge in [-0.25, -0.2) is 0 Å². The molecule has 30 heavy (non-hydrogen) atoms. The van der Waals surface area contributed by atoms with Crippen LogP contribution in [0.1, 0.15) is 30.3 Å². The van der Waals surface area contributed by atoms with Crippen LogP contribution in [-0.4, -0.2) is 57.9 Å². The average molecular weight is 409 g/mol. The Bertz CT molecular complexity index is 988. The summed E-state index contributed by atoms with van der Waals surface area (Å²) in [6, 6.07) is 10.2. The highest BCUT2D eigenvalue weighted by Gasteiger charge is 2.24. The highest BCUT2D eigenvalue weighted by Crippen LogP contribution is 2.21. The van der Waals surface area contributed by atoms with Crippen LogP contribution in [0, 0.1) is 0 Å². The molecule has 2 aliphatic heterocycles. The van der Waals surface area contributed by atoms with Crippen molar-refractivity contribution < 1.29 is 13.9 Å². The molecular formula is C22H27N5O3. The number of rotatable bonds is 6. The Morgan fingerprint density at radius 1 is 1.20 bits per heavy atom. The molecule has 2 aliphatic rings. The zero-order valence-corrected chi connectivity index (χ0v) is 17.0. The molecule has 0 unspecified atom stereocenters. The minimum atomic E-state index is -0.285. The van der Waals surface area contributed by atoms with Gasteiger partial charge in [0, 0.05) is 51.0 Å². The van der Waals surface area contributed by atoms with Crippen molar-refractivity contribution >= 4 is 16.9 Å². The van der Waals surface area contributed by atoms with Gasteiger partial charge in [-0.3, -0.25) is 9.69 Å². The fourth-order valence-electron chi connectivity index (χ4n) is 4.30. The molecule has 8 heteroatoms. The first kappa shape index (κ1) is 19.3. The number of nitrogens with zero attached hydrogens (tertiary/aromatic N) is 4. The number of benzene rings is 1. The van der Waals surface area contributed by atoms with Gasteiger partial charge in [-0.15, -0.1) is 10.2 Å². The van der Waals surface area contributed by atoms with Crippen LogP contribution in [-0.2, 0) is 35.5 Å². The number of carbonyl (C=O) groups is 1. The van der Waals surface area contributed by atoms with Gasteiger partial charge in [-0.05, 0) is 25.0 Å². The molecule has 8 nitrogen and oxygen atoms in total. The Morgan fingerprint density at radius 3 is 3.00 bits per heavy atom. The van der Waals surface area contributed by atoms with Crippen molar-refractivity contribution in [2.45, 2.75) is 44.9 Å². The molecule has 0 aliphatic carbocycles. The molecule has 0 radical (unpaired) electrons. The molecular weight excluding hydrogens is 382 g/mol. The Kier molecular flexibility index (Phi) is 5.50. The lowest BCUT2D eigenvalue weighted by Gasteiger charge is -2.18. The van der Waals surface area contributed by atoms with E-state index >= 15 is 0 Å². The van der Waals surface area contributed by atoms with E-state index in [4.69, 9.17) is 9.15 Å². The number of para-hydroxylation sites is 1. The van der Waals surface area contributed by atoms with E-state index in [1.165, 1.54) is 0 Å². The Hall–Kier alpha value is -2.71. The van der Waals surface area contributed by atoms with Crippen molar-refractivity contribution in [2.75, 3.05) is 26.2 Å². The van der Waals surface area contributed by atoms with Gasteiger partial charge >= 0.3 is 0 Å². The zero-order valence-electron chi connectivity index (χ0n) is 17.0. The Labute approximate surface area is 175 Å². The molecule has 2 aromatic heterocycles. The first-order chi connectivity index (χ1) is 14.8. The van der Waals surface area contributed by atoms with E-state index in [9.17, 15) is 4.79 Å². The largest absolute Gasteiger partial charge is 0.460 e. The molecule has 1 fully saturated rings. The van der Waals surface area contributed by atoms with Gasteiger partial charge < -0.3 is 19.0 Å². The second kappa shape index (κ2) is 8.57. The molecule has 4 heterocycles. The van der Waals surface area contributed by atoms with Gasteiger partial charge in [0.05, 0.1) is 6.54 Å². The zero-order chi connectivity index (χ0) is 20.3. The first-order valence-electron chi connectivity index (χ1n) is 10.8. The van der Waals surface area contributed by atoms with E-state index in [0.29, 0.717) is 19.6 Å². The van der Waals surface area contributed by atoms with E-state index in [-0.39, 0.29) is 12.0 Å². The van der Waals surface area contributed by atoms with Crippen molar-refractivity contribution in [3.05, 3.63) is 47.7 Å². The number of furan rings is 1. The maximum atomic E-state index is 12.1. The molecule has 1 aromatic carbocycles. The maximum absolute atomic E-state index is 12.1.